The molecule has 2 aromatic carbocycles. The van der Waals surface area contributed by atoms with E-state index < -0.39 is 0 Å². The van der Waals surface area contributed by atoms with Gasteiger partial charge in [-0.15, -0.1) is 0 Å². The number of nitrogens with one attached hydrogen (secondary N) is 1. The Balaban J connectivity index is 1.72. The van der Waals surface area contributed by atoms with Crippen molar-refractivity contribution in [3.63, 3.8) is 0 Å². The molecule has 0 saturated heterocycles. The Bertz CT molecular complexity index is 936. The van der Waals surface area contributed by atoms with Crippen molar-refractivity contribution >= 4 is 10.9 Å². The quantitative estimate of drug-likeness (QED) is 0.602. The number of hydrogen-bond donors (Lipinski definition) is 1. The minimum atomic E-state index is -0.255. The van der Waals surface area contributed by atoms with Crippen LogP contribution in [0.25, 0.3) is 22.3 Å². The van der Waals surface area contributed by atoms with Crippen LogP contribution in [0, 0.1) is 5.82 Å². The fraction of sp³-hybridized carbons (Fsp3) is 0.0556. The molecular weight excluding hydrogens is 277 g/mol. The molecule has 4 heteroatoms. The van der Waals surface area contributed by atoms with Gasteiger partial charge in [-0.05, 0) is 35.2 Å². The summed E-state index contributed by atoms with van der Waals surface area (Å²) in [6, 6.07) is 15.0. The third kappa shape index (κ3) is 2.19. The minimum absolute atomic E-state index is 0.255. The minimum Gasteiger partial charge on any atom is -0.361 e. The van der Waals surface area contributed by atoms with Crippen LogP contribution in [0.2, 0.25) is 0 Å². The highest BCUT2D eigenvalue weighted by Gasteiger charge is 2.10. The van der Waals surface area contributed by atoms with Gasteiger partial charge in [0.15, 0.2) is 0 Å². The molecule has 0 amide bonds. The topological polar surface area (TPSA) is 33.6 Å². The number of halogens is 1. The molecule has 1 N–H and O–H groups in total. The van der Waals surface area contributed by atoms with Crippen LogP contribution in [0.3, 0.4) is 0 Å². The first kappa shape index (κ1) is 12.8. The van der Waals surface area contributed by atoms with Crippen molar-refractivity contribution in [3.8, 4) is 11.4 Å². The van der Waals surface area contributed by atoms with Crippen LogP contribution >= 0.6 is 0 Å². The van der Waals surface area contributed by atoms with Gasteiger partial charge in [0.1, 0.15) is 11.6 Å². The lowest BCUT2D eigenvalue weighted by atomic mass is 10.1. The lowest BCUT2D eigenvalue weighted by molar-refractivity contribution is 0.628. The van der Waals surface area contributed by atoms with E-state index in [-0.39, 0.29) is 5.82 Å². The van der Waals surface area contributed by atoms with Crippen LogP contribution in [0.5, 0.6) is 0 Å². The first-order valence-electron chi connectivity index (χ1n) is 7.13. The number of hydrogen-bond acceptors (Lipinski definition) is 1. The summed E-state index contributed by atoms with van der Waals surface area (Å²) in [4.78, 5) is 7.52. The van der Waals surface area contributed by atoms with E-state index in [2.05, 4.69) is 28.2 Å². The van der Waals surface area contributed by atoms with Crippen LogP contribution in [0.4, 0.5) is 4.39 Å². The fourth-order valence-electron chi connectivity index (χ4n) is 2.71. The molecule has 3 nitrogen and oxygen atoms in total. The zero-order valence-corrected chi connectivity index (χ0v) is 11.8. The van der Waals surface area contributed by atoms with E-state index in [4.69, 9.17) is 0 Å². The molecule has 4 aromatic rings. The smallest absolute Gasteiger partial charge is 0.143 e. The number of aromatic nitrogens is 3. The number of nitrogens with zero attached hydrogens (tertiary/aromatic N) is 2. The molecule has 0 atom stereocenters. The lowest BCUT2D eigenvalue weighted by Crippen LogP contribution is -2.02. The lowest BCUT2D eigenvalue weighted by Gasteiger charge is -2.09. The summed E-state index contributed by atoms with van der Waals surface area (Å²) in [6.07, 6.45) is 5.51. The maximum absolute atomic E-state index is 14.0. The Hall–Kier alpha value is -2.88. The van der Waals surface area contributed by atoms with Crippen LogP contribution in [0.1, 0.15) is 5.56 Å². The highest BCUT2D eigenvalue weighted by molar-refractivity contribution is 5.79. The summed E-state index contributed by atoms with van der Waals surface area (Å²) in [5.74, 6) is 0.388. The van der Waals surface area contributed by atoms with E-state index in [9.17, 15) is 4.39 Å². The molecule has 2 heterocycles. The highest BCUT2D eigenvalue weighted by atomic mass is 19.1. The Labute approximate surface area is 127 Å². The Morgan fingerprint density at radius 3 is 2.91 bits per heavy atom. The molecule has 0 unspecified atom stereocenters. The fourth-order valence-corrected chi connectivity index (χ4v) is 2.71. The summed E-state index contributed by atoms with van der Waals surface area (Å²) in [6.45, 7) is 0.651. The molecule has 0 bridgehead atoms. The average molecular weight is 291 g/mol. The van der Waals surface area contributed by atoms with Gasteiger partial charge in [-0.25, -0.2) is 9.37 Å². The van der Waals surface area contributed by atoms with E-state index >= 15 is 0 Å². The van der Waals surface area contributed by atoms with Gasteiger partial charge in [-0.3, -0.25) is 0 Å². The second kappa shape index (κ2) is 5.15. The number of aromatic amines is 1. The average Bonchev–Trinajstić information content (AvgIpc) is 3.16. The van der Waals surface area contributed by atoms with Crippen molar-refractivity contribution < 1.29 is 4.39 Å². The number of rotatable bonds is 3. The van der Waals surface area contributed by atoms with Gasteiger partial charge in [0.05, 0.1) is 5.56 Å². The molecule has 0 spiro atoms. The third-order valence-electron chi connectivity index (χ3n) is 3.80. The van der Waals surface area contributed by atoms with Crippen molar-refractivity contribution in [3.05, 3.63) is 78.5 Å². The molecular formula is C18H14FN3. The SMILES string of the molecule is Fc1ccccc1-c1nccn1Cc1ccc2cc[nH]c2c1. The van der Waals surface area contributed by atoms with Gasteiger partial charge in [0.25, 0.3) is 0 Å². The molecule has 22 heavy (non-hydrogen) atoms. The third-order valence-corrected chi connectivity index (χ3v) is 3.80. The van der Waals surface area contributed by atoms with Gasteiger partial charge < -0.3 is 9.55 Å². The Kier molecular flexibility index (Phi) is 3.00. The summed E-state index contributed by atoms with van der Waals surface area (Å²) >= 11 is 0. The molecule has 2 aromatic heterocycles. The van der Waals surface area contributed by atoms with Crippen LogP contribution < -0.4 is 0 Å². The first-order chi connectivity index (χ1) is 10.8. The largest absolute Gasteiger partial charge is 0.361 e. The second-order valence-electron chi connectivity index (χ2n) is 5.26. The monoisotopic (exact) mass is 291 g/mol. The van der Waals surface area contributed by atoms with E-state index in [0.717, 1.165) is 11.1 Å². The maximum atomic E-state index is 14.0. The molecule has 0 aliphatic heterocycles. The number of H-pyrrole nitrogens is 1. The number of imidazole rings is 1. The van der Waals surface area contributed by atoms with E-state index in [1.807, 2.05) is 29.1 Å². The summed E-state index contributed by atoms with van der Waals surface area (Å²) < 4.78 is 15.9. The van der Waals surface area contributed by atoms with Crippen molar-refractivity contribution in [2.75, 3.05) is 0 Å². The van der Waals surface area contributed by atoms with Crippen molar-refractivity contribution in [2.24, 2.45) is 0 Å². The maximum Gasteiger partial charge on any atom is 0.143 e. The zero-order valence-electron chi connectivity index (χ0n) is 11.8. The predicted octanol–water partition coefficient (Wildman–Crippen LogP) is 4.22. The summed E-state index contributed by atoms with van der Waals surface area (Å²) in [7, 11) is 0. The van der Waals surface area contributed by atoms with Gasteiger partial charge in [0, 0.05) is 30.7 Å². The second-order valence-corrected chi connectivity index (χ2v) is 5.26. The summed E-state index contributed by atoms with van der Waals surface area (Å²) in [5.41, 5.74) is 2.77. The Morgan fingerprint density at radius 1 is 1.09 bits per heavy atom. The molecule has 0 radical (unpaired) electrons. The van der Waals surface area contributed by atoms with Gasteiger partial charge >= 0.3 is 0 Å². The molecule has 0 aliphatic carbocycles. The van der Waals surface area contributed by atoms with Gasteiger partial charge in [-0.2, -0.15) is 0 Å². The van der Waals surface area contributed by atoms with Gasteiger partial charge in [0.2, 0.25) is 0 Å². The van der Waals surface area contributed by atoms with E-state index in [1.165, 1.54) is 11.5 Å². The van der Waals surface area contributed by atoms with Crippen molar-refractivity contribution in [1.29, 1.82) is 0 Å². The normalized spacial score (nSPS) is 11.1. The molecule has 0 saturated carbocycles. The first-order valence-corrected chi connectivity index (χ1v) is 7.13. The summed E-state index contributed by atoms with van der Waals surface area (Å²) in [5, 5.41) is 1.18. The molecule has 4 rings (SSSR count). The number of benzene rings is 2. The standard InChI is InChI=1S/C18H14FN3/c19-16-4-2-1-3-15(16)18-21-9-10-22(18)12-13-5-6-14-7-8-20-17(14)11-13/h1-11,20H,12H2. The zero-order chi connectivity index (χ0) is 14.9. The highest BCUT2D eigenvalue weighted by Crippen LogP contribution is 2.22. The molecule has 108 valence electrons. The molecule has 0 fully saturated rings. The van der Waals surface area contributed by atoms with Crippen molar-refractivity contribution in [2.45, 2.75) is 6.54 Å². The van der Waals surface area contributed by atoms with E-state index in [0.29, 0.717) is 17.9 Å². The predicted molar refractivity (Wildman–Crippen MR) is 85.0 cm³/mol. The van der Waals surface area contributed by atoms with Crippen LogP contribution in [0.15, 0.2) is 67.1 Å². The molecule has 0 aliphatic rings. The number of fused-ring (bicyclic) bond motifs is 1. The van der Waals surface area contributed by atoms with Crippen LogP contribution in [-0.2, 0) is 6.54 Å². The Morgan fingerprint density at radius 2 is 2.00 bits per heavy atom. The van der Waals surface area contributed by atoms with E-state index in [1.54, 1.807) is 18.3 Å². The van der Waals surface area contributed by atoms with Gasteiger partial charge in [-0.1, -0.05) is 24.3 Å². The van der Waals surface area contributed by atoms with Crippen LogP contribution in [-0.4, -0.2) is 14.5 Å². The van der Waals surface area contributed by atoms with Crippen molar-refractivity contribution in [1.82, 2.24) is 14.5 Å².